The molecule has 0 bridgehead atoms. The number of carbonyl (C=O) groups is 1. The number of imidazole rings is 1. The normalized spacial score (nSPS) is 15.3. The van der Waals surface area contributed by atoms with Gasteiger partial charge < -0.3 is 14.2 Å². The first-order valence-electron chi connectivity index (χ1n) is 9.73. The molecular formula is C21H30N4O2. The van der Waals surface area contributed by atoms with E-state index in [1.165, 1.54) is 5.56 Å². The summed E-state index contributed by atoms with van der Waals surface area (Å²) in [6.45, 7) is 11.7. The first-order valence-corrected chi connectivity index (χ1v) is 9.73. The average molecular weight is 370 g/mol. The van der Waals surface area contributed by atoms with Crippen LogP contribution in [0.5, 0.6) is 5.75 Å². The lowest BCUT2D eigenvalue weighted by Gasteiger charge is -2.34. The summed E-state index contributed by atoms with van der Waals surface area (Å²) in [4.78, 5) is 21.1. The molecule has 3 rings (SSSR count). The Morgan fingerprint density at radius 3 is 2.48 bits per heavy atom. The van der Waals surface area contributed by atoms with Crippen molar-refractivity contribution in [2.45, 2.75) is 33.2 Å². The third-order valence-electron chi connectivity index (χ3n) is 5.03. The Labute approximate surface area is 161 Å². The number of piperazine rings is 1. The molecule has 1 aromatic carbocycles. The van der Waals surface area contributed by atoms with Gasteiger partial charge in [-0.3, -0.25) is 9.69 Å². The maximum atomic E-state index is 12.4. The van der Waals surface area contributed by atoms with Crippen LogP contribution in [0.4, 0.5) is 0 Å². The van der Waals surface area contributed by atoms with Gasteiger partial charge in [-0.15, -0.1) is 0 Å². The fourth-order valence-electron chi connectivity index (χ4n) is 3.35. The lowest BCUT2D eigenvalue weighted by atomic mass is 10.2. The Morgan fingerprint density at radius 2 is 1.81 bits per heavy atom. The van der Waals surface area contributed by atoms with E-state index < -0.39 is 0 Å². The highest BCUT2D eigenvalue weighted by Crippen LogP contribution is 2.13. The number of hydrogen-bond acceptors (Lipinski definition) is 4. The van der Waals surface area contributed by atoms with Crippen molar-refractivity contribution in [3.05, 3.63) is 48.0 Å². The van der Waals surface area contributed by atoms with Crippen molar-refractivity contribution < 1.29 is 9.53 Å². The van der Waals surface area contributed by atoms with Crippen molar-refractivity contribution in [3.63, 3.8) is 0 Å². The number of nitrogens with zero attached hydrogens (tertiary/aromatic N) is 4. The summed E-state index contributed by atoms with van der Waals surface area (Å²) < 4.78 is 7.85. The Hall–Kier alpha value is -2.34. The van der Waals surface area contributed by atoms with E-state index in [0.717, 1.165) is 50.8 Å². The van der Waals surface area contributed by atoms with Crippen LogP contribution in [0.3, 0.4) is 0 Å². The van der Waals surface area contributed by atoms with Crippen molar-refractivity contribution in [2.75, 3.05) is 39.3 Å². The number of rotatable bonds is 7. The van der Waals surface area contributed by atoms with Gasteiger partial charge in [0.2, 0.25) is 0 Å². The third kappa shape index (κ3) is 5.32. The summed E-state index contributed by atoms with van der Waals surface area (Å²) in [5, 5.41) is 0. The Morgan fingerprint density at radius 1 is 1.11 bits per heavy atom. The molecule has 0 N–H and O–H groups in total. The van der Waals surface area contributed by atoms with Gasteiger partial charge in [-0.1, -0.05) is 31.5 Å². The number of hydrogen-bond donors (Lipinski definition) is 0. The van der Waals surface area contributed by atoms with Gasteiger partial charge in [0.15, 0.2) is 6.61 Å². The molecule has 0 spiro atoms. The minimum atomic E-state index is 0.0620. The molecular weight excluding hydrogens is 340 g/mol. The maximum absolute atomic E-state index is 12.4. The number of amides is 1. The second-order valence-corrected chi connectivity index (χ2v) is 7.46. The molecule has 27 heavy (non-hydrogen) atoms. The largest absolute Gasteiger partial charge is 0.484 e. The third-order valence-corrected chi connectivity index (χ3v) is 5.03. The molecule has 1 aromatic heterocycles. The number of aromatic nitrogens is 2. The van der Waals surface area contributed by atoms with Crippen molar-refractivity contribution >= 4 is 5.91 Å². The van der Waals surface area contributed by atoms with Crippen LogP contribution in [-0.2, 0) is 11.3 Å². The number of ether oxygens (including phenoxy) is 1. The molecule has 1 saturated heterocycles. The second-order valence-electron chi connectivity index (χ2n) is 7.46. The maximum Gasteiger partial charge on any atom is 0.260 e. The van der Waals surface area contributed by atoms with E-state index in [0.29, 0.717) is 5.92 Å². The van der Waals surface area contributed by atoms with Crippen LogP contribution in [0.25, 0.3) is 0 Å². The summed E-state index contributed by atoms with van der Waals surface area (Å²) in [5.41, 5.74) is 1.18. The van der Waals surface area contributed by atoms with Gasteiger partial charge in [-0.2, -0.15) is 0 Å². The number of carbonyl (C=O) groups excluding carboxylic acids is 1. The van der Waals surface area contributed by atoms with Crippen LogP contribution in [0.2, 0.25) is 0 Å². The summed E-state index contributed by atoms with van der Waals surface area (Å²) in [6.07, 6.45) is 3.93. The monoisotopic (exact) mass is 370 g/mol. The predicted molar refractivity (Wildman–Crippen MR) is 106 cm³/mol. The van der Waals surface area contributed by atoms with Gasteiger partial charge >= 0.3 is 0 Å². The highest BCUT2D eigenvalue weighted by molar-refractivity contribution is 5.77. The van der Waals surface area contributed by atoms with Crippen molar-refractivity contribution in [3.8, 4) is 5.75 Å². The molecule has 0 aliphatic carbocycles. The smallest absolute Gasteiger partial charge is 0.260 e. The molecule has 6 heteroatoms. The van der Waals surface area contributed by atoms with Crippen LogP contribution in [-0.4, -0.2) is 64.6 Å². The van der Waals surface area contributed by atoms with E-state index in [9.17, 15) is 4.79 Å². The minimum absolute atomic E-state index is 0.0620. The fraction of sp³-hybridized carbons (Fsp3) is 0.524. The molecule has 6 nitrogen and oxygen atoms in total. The zero-order valence-corrected chi connectivity index (χ0v) is 16.6. The summed E-state index contributed by atoms with van der Waals surface area (Å²) in [6, 6.07) is 7.79. The average Bonchev–Trinajstić information content (AvgIpc) is 3.15. The van der Waals surface area contributed by atoms with E-state index >= 15 is 0 Å². The standard InChI is InChI=1S/C21H30N4O2/c1-17(2)21-22-8-9-25(21)15-12-23-10-13-24(14-11-23)20(26)16-27-19-6-4-18(3)5-7-19/h4-9,17H,10-16H2,1-3H3. The van der Waals surface area contributed by atoms with Crippen molar-refractivity contribution in [2.24, 2.45) is 0 Å². The lowest BCUT2D eigenvalue weighted by Crippen LogP contribution is -2.50. The molecule has 2 heterocycles. The fourth-order valence-corrected chi connectivity index (χ4v) is 3.35. The summed E-state index contributed by atoms with van der Waals surface area (Å²) in [7, 11) is 0. The molecule has 0 atom stereocenters. The second kappa shape index (κ2) is 9.04. The highest BCUT2D eigenvalue weighted by atomic mass is 16.5. The van der Waals surface area contributed by atoms with E-state index in [-0.39, 0.29) is 12.5 Å². The Kier molecular flexibility index (Phi) is 6.50. The summed E-state index contributed by atoms with van der Waals surface area (Å²) in [5.74, 6) is 2.38. The molecule has 0 saturated carbocycles. The molecule has 1 aliphatic heterocycles. The van der Waals surface area contributed by atoms with Crippen molar-refractivity contribution in [1.29, 1.82) is 0 Å². The zero-order chi connectivity index (χ0) is 19.2. The topological polar surface area (TPSA) is 50.6 Å². The predicted octanol–water partition coefficient (Wildman–Crippen LogP) is 2.54. The van der Waals surface area contributed by atoms with Gasteiger partial charge in [0.05, 0.1) is 0 Å². The van der Waals surface area contributed by atoms with Crippen LogP contribution in [0.15, 0.2) is 36.7 Å². The molecule has 146 valence electrons. The van der Waals surface area contributed by atoms with Gasteiger partial charge in [0.25, 0.3) is 5.91 Å². The van der Waals surface area contributed by atoms with Crippen LogP contribution >= 0.6 is 0 Å². The molecule has 2 aromatic rings. The van der Waals surface area contributed by atoms with E-state index in [1.807, 2.05) is 42.3 Å². The van der Waals surface area contributed by atoms with Crippen LogP contribution in [0, 0.1) is 6.92 Å². The van der Waals surface area contributed by atoms with Crippen molar-refractivity contribution in [1.82, 2.24) is 19.4 Å². The van der Waals surface area contributed by atoms with Gasteiger partial charge in [0.1, 0.15) is 11.6 Å². The van der Waals surface area contributed by atoms with Gasteiger partial charge in [-0.05, 0) is 19.1 Å². The van der Waals surface area contributed by atoms with E-state index in [4.69, 9.17) is 4.74 Å². The molecule has 1 fully saturated rings. The van der Waals surface area contributed by atoms with Gasteiger partial charge in [0, 0.05) is 57.6 Å². The summed E-state index contributed by atoms with van der Waals surface area (Å²) >= 11 is 0. The number of aryl methyl sites for hydroxylation is 1. The highest BCUT2D eigenvalue weighted by Gasteiger charge is 2.21. The quantitative estimate of drug-likeness (QED) is 0.752. The van der Waals surface area contributed by atoms with E-state index in [2.05, 4.69) is 34.5 Å². The molecule has 0 unspecified atom stereocenters. The number of benzene rings is 1. The van der Waals surface area contributed by atoms with E-state index in [1.54, 1.807) is 0 Å². The Balaban J connectivity index is 1.39. The Bertz CT molecular complexity index is 731. The molecule has 0 radical (unpaired) electrons. The van der Waals surface area contributed by atoms with Gasteiger partial charge in [-0.25, -0.2) is 4.98 Å². The first-order chi connectivity index (χ1) is 13.0. The SMILES string of the molecule is Cc1ccc(OCC(=O)N2CCN(CCn3ccnc3C(C)C)CC2)cc1. The lowest BCUT2D eigenvalue weighted by molar-refractivity contribution is -0.135. The molecule has 1 aliphatic rings. The minimum Gasteiger partial charge on any atom is -0.484 e. The molecule has 1 amide bonds. The van der Waals surface area contributed by atoms with Crippen LogP contribution in [0.1, 0.15) is 31.2 Å². The zero-order valence-electron chi connectivity index (χ0n) is 16.6. The first kappa shape index (κ1) is 19.4. The van der Waals surface area contributed by atoms with Crippen LogP contribution < -0.4 is 4.74 Å².